The first-order valence-corrected chi connectivity index (χ1v) is 6.55. The summed E-state index contributed by atoms with van der Waals surface area (Å²) in [6.45, 7) is 2.66. The van der Waals surface area contributed by atoms with E-state index in [0.717, 1.165) is 44.4 Å². The Bertz CT molecular complexity index is 195. The minimum absolute atomic E-state index is 0.00342. The van der Waals surface area contributed by atoms with Gasteiger partial charge in [-0.1, -0.05) is 12.8 Å². The van der Waals surface area contributed by atoms with Crippen LogP contribution in [0.2, 0.25) is 0 Å². The monoisotopic (exact) mass is 228 g/mol. The quantitative estimate of drug-likeness (QED) is 0.561. The van der Waals surface area contributed by atoms with E-state index in [2.05, 4.69) is 0 Å². The fourth-order valence-corrected chi connectivity index (χ4v) is 2.49. The summed E-state index contributed by atoms with van der Waals surface area (Å²) in [5.41, 5.74) is 0. The summed E-state index contributed by atoms with van der Waals surface area (Å²) < 4.78 is 5.04. The number of ether oxygens (including phenoxy) is 1. The topological polar surface area (TPSA) is 46.5 Å². The van der Waals surface area contributed by atoms with E-state index in [-0.39, 0.29) is 11.9 Å². The summed E-state index contributed by atoms with van der Waals surface area (Å²) in [4.78, 5) is 11.5. The van der Waals surface area contributed by atoms with Gasteiger partial charge in [0.25, 0.3) is 0 Å². The van der Waals surface area contributed by atoms with E-state index < -0.39 is 0 Å². The van der Waals surface area contributed by atoms with Crippen molar-refractivity contribution in [3.05, 3.63) is 0 Å². The van der Waals surface area contributed by atoms with Gasteiger partial charge in [0.15, 0.2) is 0 Å². The Kier molecular flexibility index (Phi) is 6.46. The smallest absolute Gasteiger partial charge is 0.308 e. The van der Waals surface area contributed by atoms with Crippen LogP contribution in [0.3, 0.4) is 0 Å². The maximum atomic E-state index is 11.5. The number of carbonyl (C=O) groups excluding carboxylic acids is 1. The minimum Gasteiger partial charge on any atom is -0.466 e. The van der Waals surface area contributed by atoms with Crippen LogP contribution < -0.4 is 0 Å². The van der Waals surface area contributed by atoms with Crippen LogP contribution in [0, 0.1) is 11.8 Å². The van der Waals surface area contributed by atoms with E-state index in [1.54, 1.807) is 0 Å². The molecule has 0 aromatic heterocycles. The molecule has 0 unspecified atom stereocenters. The number of carbonyl (C=O) groups is 1. The highest BCUT2D eigenvalue weighted by atomic mass is 16.5. The van der Waals surface area contributed by atoms with Crippen molar-refractivity contribution in [2.45, 2.75) is 51.9 Å². The number of aliphatic hydroxyl groups excluding tert-OH is 1. The third-order valence-electron chi connectivity index (χ3n) is 3.49. The van der Waals surface area contributed by atoms with Crippen LogP contribution in [0.4, 0.5) is 0 Å². The molecule has 0 aliphatic heterocycles. The van der Waals surface area contributed by atoms with Crippen LogP contribution in [-0.4, -0.2) is 24.3 Å². The number of hydrogen-bond acceptors (Lipinski definition) is 3. The lowest BCUT2D eigenvalue weighted by Gasteiger charge is -2.27. The van der Waals surface area contributed by atoms with Gasteiger partial charge >= 0.3 is 5.97 Å². The van der Waals surface area contributed by atoms with E-state index >= 15 is 0 Å². The van der Waals surface area contributed by atoms with Crippen LogP contribution in [0.1, 0.15) is 51.9 Å². The van der Waals surface area contributed by atoms with E-state index in [4.69, 9.17) is 9.84 Å². The molecule has 0 aromatic rings. The van der Waals surface area contributed by atoms with Gasteiger partial charge in [0.2, 0.25) is 0 Å². The first kappa shape index (κ1) is 13.5. The lowest BCUT2D eigenvalue weighted by molar-refractivity contribution is -0.149. The van der Waals surface area contributed by atoms with Crippen molar-refractivity contribution in [2.24, 2.45) is 11.8 Å². The highest BCUT2D eigenvalue weighted by molar-refractivity contribution is 5.72. The number of aliphatic hydroxyl groups is 1. The van der Waals surface area contributed by atoms with Crippen LogP contribution in [0.15, 0.2) is 0 Å². The molecule has 1 fully saturated rings. The summed E-state index contributed by atoms with van der Waals surface area (Å²) in [6.07, 6.45) is 7.51. The predicted octanol–water partition coefficient (Wildman–Crippen LogP) is 2.52. The second-order valence-electron chi connectivity index (χ2n) is 4.69. The zero-order valence-corrected chi connectivity index (χ0v) is 10.3. The SMILES string of the molecule is CCOC(=O)C1CCC(CCCCO)CC1. The molecule has 0 saturated heterocycles. The fraction of sp³-hybridized carbons (Fsp3) is 0.923. The lowest BCUT2D eigenvalue weighted by atomic mass is 9.80. The molecule has 0 amide bonds. The standard InChI is InChI=1S/C13H24O3/c1-2-16-13(15)12-8-6-11(7-9-12)5-3-4-10-14/h11-12,14H,2-10H2,1H3. The Morgan fingerprint density at radius 3 is 2.50 bits per heavy atom. The van der Waals surface area contributed by atoms with Crippen molar-refractivity contribution in [1.82, 2.24) is 0 Å². The van der Waals surface area contributed by atoms with Crippen LogP contribution in [0.5, 0.6) is 0 Å². The molecule has 16 heavy (non-hydrogen) atoms. The van der Waals surface area contributed by atoms with E-state index in [9.17, 15) is 4.79 Å². The van der Waals surface area contributed by atoms with Gasteiger partial charge in [0.1, 0.15) is 0 Å². The first-order chi connectivity index (χ1) is 7.77. The zero-order valence-electron chi connectivity index (χ0n) is 10.3. The Balaban J connectivity index is 2.15. The van der Waals surface area contributed by atoms with Gasteiger partial charge in [-0.05, 0) is 44.9 Å². The molecule has 3 heteroatoms. The summed E-state index contributed by atoms with van der Waals surface area (Å²) in [6, 6.07) is 0. The number of esters is 1. The molecule has 1 aliphatic carbocycles. The Labute approximate surface area is 98.2 Å². The lowest BCUT2D eigenvalue weighted by Crippen LogP contribution is -2.23. The van der Waals surface area contributed by atoms with Gasteiger partial charge in [-0.2, -0.15) is 0 Å². The Morgan fingerprint density at radius 1 is 1.25 bits per heavy atom. The molecule has 0 radical (unpaired) electrons. The third-order valence-corrected chi connectivity index (χ3v) is 3.49. The second-order valence-corrected chi connectivity index (χ2v) is 4.69. The maximum Gasteiger partial charge on any atom is 0.308 e. The molecular formula is C13H24O3. The van der Waals surface area contributed by atoms with Crippen molar-refractivity contribution in [3.63, 3.8) is 0 Å². The normalized spacial score (nSPS) is 25.4. The van der Waals surface area contributed by atoms with Crippen molar-refractivity contribution in [3.8, 4) is 0 Å². The molecule has 1 rings (SSSR count). The highest BCUT2D eigenvalue weighted by Gasteiger charge is 2.26. The molecule has 3 nitrogen and oxygen atoms in total. The molecule has 1 saturated carbocycles. The molecule has 0 heterocycles. The van der Waals surface area contributed by atoms with Gasteiger partial charge in [-0.3, -0.25) is 4.79 Å². The van der Waals surface area contributed by atoms with Crippen molar-refractivity contribution in [2.75, 3.05) is 13.2 Å². The number of hydrogen-bond donors (Lipinski definition) is 1. The maximum absolute atomic E-state index is 11.5. The Hall–Kier alpha value is -0.570. The van der Waals surface area contributed by atoms with E-state index in [1.165, 1.54) is 6.42 Å². The summed E-state index contributed by atoms with van der Waals surface area (Å²) in [7, 11) is 0. The summed E-state index contributed by atoms with van der Waals surface area (Å²) in [5.74, 6) is 0.905. The molecule has 0 aromatic carbocycles. The average Bonchev–Trinajstić information content (AvgIpc) is 2.30. The molecule has 1 aliphatic rings. The molecule has 0 bridgehead atoms. The van der Waals surface area contributed by atoms with Crippen LogP contribution >= 0.6 is 0 Å². The number of rotatable bonds is 6. The second kappa shape index (κ2) is 7.66. The van der Waals surface area contributed by atoms with Gasteiger partial charge in [0, 0.05) is 6.61 Å². The first-order valence-electron chi connectivity index (χ1n) is 6.55. The van der Waals surface area contributed by atoms with Crippen LogP contribution in [0.25, 0.3) is 0 Å². The van der Waals surface area contributed by atoms with Gasteiger partial charge in [-0.15, -0.1) is 0 Å². The summed E-state index contributed by atoms with van der Waals surface area (Å²) in [5, 5.41) is 8.71. The fourth-order valence-electron chi connectivity index (χ4n) is 2.49. The zero-order chi connectivity index (χ0) is 11.8. The van der Waals surface area contributed by atoms with Gasteiger partial charge in [0.05, 0.1) is 12.5 Å². The van der Waals surface area contributed by atoms with Gasteiger partial charge < -0.3 is 9.84 Å². The third kappa shape index (κ3) is 4.52. The number of unbranched alkanes of at least 4 members (excludes halogenated alkanes) is 1. The average molecular weight is 228 g/mol. The van der Waals surface area contributed by atoms with E-state index in [0.29, 0.717) is 13.2 Å². The molecule has 0 spiro atoms. The van der Waals surface area contributed by atoms with Crippen molar-refractivity contribution in [1.29, 1.82) is 0 Å². The largest absolute Gasteiger partial charge is 0.466 e. The summed E-state index contributed by atoms with van der Waals surface area (Å²) >= 11 is 0. The van der Waals surface area contributed by atoms with Crippen LogP contribution in [-0.2, 0) is 9.53 Å². The Morgan fingerprint density at radius 2 is 1.94 bits per heavy atom. The molecule has 94 valence electrons. The molecule has 0 atom stereocenters. The predicted molar refractivity (Wildman–Crippen MR) is 63.0 cm³/mol. The van der Waals surface area contributed by atoms with E-state index in [1.807, 2.05) is 6.92 Å². The van der Waals surface area contributed by atoms with Crippen molar-refractivity contribution >= 4 is 5.97 Å². The van der Waals surface area contributed by atoms with Crippen molar-refractivity contribution < 1.29 is 14.6 Å². The minimum atomic E-state index is -0.00342. The molecular weight excluding hydrogens is 204 g/mol. The molecule has 1 N–H and O–H groups in total. The highest BCUT2D eigenvalue weighted by Crippen LogP contribution is 2.32. The van der Waals surface area contributed by atoms with Gasteiger partial charge in [-0.25, -0.2) is 0 Å².